The van der Waals surface area contributed by atoms with E-state index in [9.17, 15) is 0 Å². The van der Waals surface area contributed by atoms with Gasteiger partial charge in [0.1, 0.15) is 5.52 Å². The second-order valence-electron chi connectivity index (χ2n) is 2.62. The van der Waals surface area contributed by atoms with Gasteiger partial charge in [-0.15, -0.1) is 0 Å². The molecule has 0 amide bonds. The summed E-state index contributed by atoms with van der Waals surface area (Å²) in [4.78, 5) is 7.94. The van der Waals surface area contributed by atoms with Gasteiger partial charge in [-0.1, -0.05) is 11.6 Å². The van der Waals surface area contributed by atoms with Gasteiger partial charge in [-0.25, -0.2) is 9.97 Å². The number of nitrogens with zero attached hydrogens (tertiary/aromatic N) is 3. The molecule has 0 radical (unpaired) electrons. The summed E-state index contributed by atoms with van der Waals surface area (Å²) in [6.45, 7) is 2.87. The smallest absolute Gasteiger partial charge is 0.224 e. The Morgan fingerprint density at radius 1 is 1.38 bits per heavy atom. The largest absolute Gasteiger partial charge is 0.344 e. The van der Waals surface area contributed by atoms with Gasteiger partial charge in [0, 0.05) is 12.7 Å². The second-order valence-corrected chi connectivity index (χ2v) is 3.32. The van der Waals surface area contributed by atoms with Crippen LogP contribution in [0.25, 0.3) is 11.0 Å². The highest BCUT2D eigenvalue weighted by Crippen LogP contribution is 2.22. The number of hydrogen-bond donors (Lipinski definition) is 0. The summed E-state index contributed by atoms with van der Waals surface area (Å²) >= 11 is 11.6. The fourth-order valence-electron chi connectivity index (χ4n) is 1.30. The first-order valence-electron chi connectivity index (χ1n) is 3.90. The van der Waals surface area contributed by atoms with Gasteiger partial charge in [0.2, 0.25) is 5.28 Å². The normalized spacial score (nSPS) is 11.0. The molecule has 68 valence electrons. The second kappa shape index (κ2) is 3.16. The van der Waals surface area contributed by atoms with Crippen LogP contribution in [0.15, 0.2) is 12.3 Å². The molecule has 0 aromatic carbocycles. The predicted molar refractivity (Wildman–Crippen MR) is 53.2 cm³/mol. The molecule has 0 atom stereocenters. The quantitative estimate of drug-likeness (QED) is 0.542. The minimum atomic E-state index is 0.186. The Kier molecular flexibility index (Phi) is 2.14. The Morgan fingerprint density at radius 3 is 2.85 bits per heavy atom. The third-order valence-electron chi connectivity index (χ3n) is 1.88. The Bertz CT molecular complexity index is 450. The molecule has 0 saturated heterocycles. The molecule has 0 aliphatic carbocycles. The van der Waals surface area contributed by atoms with Gasteiger partial charge in [0.15, 0.2) is 5.15 Å². The number of aryl methyl sites for hydroxylation is 1. The maximum atomic E-state index is 5.93. The van der Waals surface area contributed by atoms with Crippen molar-refractivity contribution in [3.05, 3.63) is 22.7 Å². The molecule has 5 heteroatoms. The van der Waals surface area contributed by atoms with E-state index >= 15 is 0 Å². The van der Waals surface area contributed by atoms with Crippen LogP contribution >= 0.6 is 23.2 Å². The van der Waals surface area contributed by atoms with E-state index in [1.807, 2.05) is 23.8 Å². The van der Waals surface area contributed by atoms with Crippen molar-refractivity contribution in [2.45, 2.75) is 13.5 Å². The Labute approximate surface area is 85.3 Å². The zero-order valence-electron chi connectivity index (χ0n) is 6.96. The highest BCUT2D eigenvalue weighted by molar-refractivity contribution is 6.35. The summed E-state index contributed by atoms with van der Waals surface area (Å²) in [6, 6.07) is 1.87. The van der Waals surface area contributed by atoms with Crippen LogP contribution in [0, 0.1) is 0 Å². The fraction of sp³-hybridized carbons (Fsp3) is 0.250. The molecule has 13 heavy (non-hydrogen) atoms. The molecule has 0 aliphatic heterocycles. The lowest BCUT2D eigenvalue weighted by molar-refractivity contribution is 0.795. The maximum Gasteiger partial charge on any atom is 0.224 e. The van der Waals surface area contributed by atoms with Crippen molar-refractivity contribution in [3.63, 3.8) is 0 Å². The van der Waals surface area contributed by atoms with Crippen LogP contribution in [0.5, 0.6) is 0 Å². The van der Waals surface area contributed by atoms with E-state index in [1.165, 1.54) is 0 Å². The zero-order valence-corrected chi connectivity index (χ0v) is 8.47. The van der Waals surface area contributed by atoms with Crippen LogP contribution < -0.4 is 0 Å². The number of fused-ring (bicyclic) bond motifs is 1. The van der Waals surface area contributed by atoms with E-state index in [0.29, 0.717) is 5.15 Å². The molecule has 2 aromatic heterocycles. The SMILES string of the molecule is CCn1ccc2nc(Cl)nc(Cl)c21. The Balaban J connectivity index is 2.82. The van der Waals surface area contributed by atoms with Gasteiger partial charge in [-0.3, -0.25) is 0 Å². The van der Waals surface area contributed by atoms with Crippen molar-refractivity contribution in [3.8, 4) is 0 Å². The lowest BCUT2D eigenvalue weighted by Gasteiger charge is -2.01. The molecule has 0 spiro atoms. The summed E-state index contributed by atoms with van der Waals surface area (Å²) in [6.07, 6.45) is 1.92. The zero-order chi connectivity index (χ0) is 9.42. The van der Waals surface area contributed by atoms with Gasteiger partial charge in [-0.05, 0) is 24.6 Å². The van der Waals surface area contributed by atoms with Gasteiger partial charge in [0.05, 0.1) is 5.52 Å². The van der Waals surface area contributed by atoms with Crippen molar-refractivity contribution in [1.82, 2.24) is 14.5 Å². The molecule has 0 bridgehead atoms. The van der Waals surface area contributed by atoms with Crippen molar-refractivity contribution < 1.29 is 0 Å². The third-order valence-corrected chi connectivity index (χ3v) is 2.31. The average Bonchev–Trinajstić information content (AvgIpc) is 2.47. The maximum absolute atomic E-state index is 5.93. The van der Waals surface area contributed by atoms with Crippen LogP contribution in [0.4, 0.5) is 0 Å². The number of hydrogen-bond acceptors (Lipinski definition) is 2. The summed E-state index contributed by atoms with van der Waals surface area (Å²) < 4.78 is 1.98. The molecule has 0 saturated carbocycles. The van der Waals surface area contributed by atoms with Crippen LogP contribution in [0.2, 0.25) is 10.4 Å². The topological polar surface area (TPSA) is 30.7 Å². The lowest BCUT2D eigenvalue weighted by atomic mass is 10.4. The molecular formula is C8H7Cl2N3. The number of aromatic nitrogens is 3. The molecule has 2 heterocycles. The molecule has 3 nitrogen and oxygen atoms in total. The van der Waals surface area contributed by atoms with Gasteiger partial charge in [-0.2, -0.15) is 0 Å². The summed E-state index contributed by atoms with van der Waals surface area (Å²) in [5.41, 5.74) is 1.63. The fourth-order valence-corrected chi connectivity index (χ4v) is 1.80. The first kappa shape index (κ1) is 8.78. The summed E-state index contributed by atoms with van der Waals surface area (Å²) in [7, 11) is 0. The number of halogens is 2. The van der Waals surface area contributed by atoms with Crippen LogP contribution in [0.3, 0.4) is 0 Å². The van der Waals surface area contributed by atoms with E-state index in [2.05, 4.69) is 9.97 Å². The van der Waals surface area contributed by atoms with Crippen LogP contribution in [-0.2, 0) is 6.54 Å². The Morgan fingerprint density at radius 2 is 2.15 bits per heavy atom. The monoisotopic (exact) mass is 215 g/mol. The standard InChI is InChI=1S/C8H7Cl2N3/c1-2-13-4-3-5-6(13)7(9)12-8(10)11-5/h3-4H,2H2,1H3. The minimum Gasteiger partial charge on any atom is -0.344 e. The van der Waals surface area contributed by atoms with Crippen molar-refractivity contribution in [1.29, 1.82) is 0 Å². The van der Waals surface area contributed by atoms with E-state index in [0.717, 1.165) is 17.6 Å². The van der Waals surface area contributed by atoms with Crippen LogP contribution in [0.1, 0.15) is 6.92 Å². The van der Waals surface area contributed by atoms with E-state index in [1.54, 1.807) is 0 Å². The molecular weight excluding hydrogens is 209 g/mol. The molecule has 0 fully saturated rings. The first-order chi connectivity index (χ1) is 6.22. The highest BCUT2D eigenvalue weighted by Gasteiger charge is 2.08. The molecule has 2 rings (SSSR count). The van der Waals surface area contributed by atoms with E-state index in [-0.39, 0.29) is 5.28 Å². The predicted octanol–water partition coefficient (Wildman–Crippen LogP) is 2.76. The molecule has 0 aliphatic rings. The van der Waals surface area contributed by atoms with Crippen molar-refractivity contribution >= 4 is 34.2 Å². The van der Waals surface area contributed by atoms with Gasteiger partial charge in [0.25, 0.3) is 0 Å². The summed E-state index contributed by atoms with van der Waals surface area (Å²) in [5, 5.41) is 0.591. The van der Waals surface area contributed by atoms with E-state index in [4.69, 9.17) is 23.2 Å². The van der Waals surface area contributed by atoms with Gasteiger partial charge >= 0.3 is 0 Å². The van der Waals surface area contributed by atoms with Gasteiger partial charge < -0.3 is 4.57 Å². The number of rotatable bonds is 1. The summed E-state index contributed by atoms with van der Waals surface area (Å²) in [5.74, 6) is 0. The first-order valence-corrected chi connectivity index (χ1v) is 4.66. The van der Waals surface area contributed by atoms with E-state index < -0.39 is 0 Å². The third kappa shape index (κ3) is 1.38. The lowest BCUT2D eigenvalue weighted by Crippen LogP contribution is -1.94. The Hall–Kier alpha value is -0.800. The van der Waals surface area contributed by atoms with Crippen molar-refractivity contribution in [2.75, 3.05) is 0 Å². The molecule has 2 aromatic rings. The van der Waals surface area contributed by atoms with Crippen molar-refractivity contribution in [2.24, 2.45) is 0 Å². The molecule has 0 N–H and O–H groups in total. The molecule has 0 unspecified atom stereocenters. The highest BCUT2D eigenvalue weighted by atomic mass is 35.5. The minimum absolute atomic E-state index is 0.186. The van der Waals surface area contributed by atoms with Crippen LogP contribution in [-0.4, -0.2) is 14.5 Å². The average molecular weight is 216 g/mol.